The second-order valence-electron chi connectivity index (χ2n) is 13.1. The lowest BCUT2D eigenvalue weighted by atomic mass is 9.76. The summed E-state index contributed by atoms with van der Waals surface area (Å²) < 4.78 is 13.3. The SMILES string of the molecule is COc1cc(OC)c(P)c(N(CC2CCN(C(c3ccccc3)(c3ccccc3)c3ccccc3)N=N2)c2ccc3ncc(-c4cnn(C)c4)nc3n2)c1. The molecule has 0 saturated heterocycles. The minimum atomic E-state index is -0.699. The molecule has 1 aliphatic rings. The van der Waals surface area contributed by atoms with E-state index in [1.807, 2.05) is 55.7 Å². The normalized spacial score (nSPS) is 14.3. The zero-order valence-corrected chi connectivity index (χ0v) is 31.5. The quantitative estimate of drug-likeness (QED) is 0.0994. The molecule has 2 unspecified atom stereocenters. The van der Waals surface area contributed by atoms with Crippen LogP contribution in [0.4, 0.5) is 11.5 Å². The Morgan fingerprint density at radius 2 is 1.48 bits per heavy atom. The molecule has 0 amide bonds. The monoisotopic (exact) mass is 733 g/mol. The van der Waals surface area contributed by atoms with Crippen molar-refractivity contribution in [2.45, 2.75) is 18.0 Å². The van der Waals surface area contributed by atoms with Gasteiger partial charge in [-0.05, 0) is 35.2 Å². The van der Waals surface area contributed by atoms with Gasteiger partial charge in [0.1, 0.15) is 28.4 Å². The molecule has 7 aromatic rings. The highest BCUT2D eigenvalue weighted by Crippen LogP contribution is 2.44. The lowest BCUT2D eigenvalue weighted by Gasteiger charge is -2.45. The number of ether oxygens (including phenoxy) is 2. The Hall–Kier alpha value is -6.19. The smallest absolute Gasteiger partial charge is 0.180 e. The third-order valence-corrected chi connectivity index (χ3v) is 10.4. The number of aryl methyl sites for hydroxylation is 1. The van der Waals surface area contributed by atoms with Gasteiger partial charge in [-0.15, -0.1) is 0 Å². The van der Waals surface area contributed by atoms with Crippen molar-refractivity contribution in [3.8, 4) is 22.8 Å². The van der Waals surface area contributed by atoms with E-state index in [-0.39, 0.29) is 6.04 Å². The fraction of sp³-hybridized carbons (Fsp3) is 0.190. The molecule has 0 fully saturated rings. The van der Waals surface area contributed by atoms with Crippen molar-refractivity contribution < 1.29 is 9.47 Å². The summed E-state index contributed by atoms with van der Waals surface area (Å²) >= 11 is 0. The molecule has 1 aliphatic heterocycles. The highest BCUT2D eigenvalue weighted by molar-refractivity contribution is 7.28. The van der Waals surface area contributed by atoms with E-state index < -0.39 is 5.54 Å². The summed E-state index contributed by atoms with van der Waals surface area (Å²) in [5, 5.41) is 17.4. The number of anilines is 2. The maximum atomic E-state index is 5.79. The van der Waals surface area contributed by atoms with Crippen LogP contribution in [0.2, 0.25) is 0 Å². The van der Waals surface area contributed by atoms with E-state index in [1.54, 1.807) is 31.3 Å². The molecule has 0 spiro atoms. The standard InChI is InChI=1S/C42H40N9O2P/c1-49-27-29(25-44-49)36-26-43-35-19-20-39(46-41(35)45-36)50(37-23-34(52-2)24-38(53-3)40(37)54)28-33-21-22-51(48-47-33)42(30-13-7-4-8-14-30,31-15-9-5-10-16-31)32-17-11-6-12-18-32/h4-20,23-27,33H,21-22,28,54H2,1-3H3. The van der Waals surface area contributed by atoms with Crippen molar-refractivity contribution in [1.29, 1.82) is 0 Å². The summed E-state index contributed by atoms with van der Waals surface area (Å²) in [6.45, 7) is 1.14. The van der Waals surface area contributed by atoms with Gasteiger partial charge >= 0.3 is 0 Å². The van der Waals surface area contributed by atoms with Gasteiger partial charge in [-0.3, -0.25) is 14.7 Å². The van der Waals surface area contributed by atoms with Crippen molar-refractivity contribution in [2.75, 3.05) is 32.2 Å². The number of hydrogen-bond donors (Lipinski definition) is 0. The Bertz CT molecular complexity index is 2310. The molecule has 12 heteroatoms. The largest absolute Gasteiger partial charge is 0.497 e. The van der Waals surface area contributed by atoms with Crippen molar-refractivity contribution in [1.82, 2.24) is 29.7 Å². The van der Waals surface area contributed by atoms with Crippen LogP contribution in [0.5, 0.6) is 11.5 Å². The maximum Gasteiger partial charge on any atom is 0.180 e. The average Bonchev–Trinajstić information content (AvgIpc) is 3.68. The van der Waals surface area contributed by atoms with Gasteiger partial charge in [0, 0.05) is 49.3 Å². The predicted octanol–water partition coefficient (Wildman–Crippen LogP) is 7.51. The molecule has 8 rings (SSSR count). The fourth-order valence-electron chi connectivity index (χ4n) is 7.21. The van der Waals surface area contributed by atoms with Gasteiger partial charge in [0.25, 0.3) is 0 Å². The molecule has 4 heterocycles. The number of rotatable bonds is 11. The highest BCUT2D eigenvalue weighted by atomic mass is 31.0. The molecule has 0 aliphatic carbocycles. The lowest BCUT2D eigenvalue weighted by molar-refractivity contribution is 0.120. The first-order valence-corrected chi connectivity index (χ1v) is 18.3. The number of methoxy groups -OCH3 is 2. The maximum absolute atomic E-state index is 5.79. The lowest BCUT2D eigenvalue weighted by Crippen LogP contribution is -2.48. The molecule has 270 valence electrons. The number of aromatic nitrogens is 5. The molecular formula is C42H40N9O2P. The average molecular weight is 734 g/mol. The first-order chi connectivity index (χ1) is 26.5. The number of benzene rings is 4. The van der Waals surface area contributed by atoms with Gasteiger partial charge in [-0.1, -0.05) is 105 Å². The van der Waals surface area contributed by atoms with Crippen molar-refractivity contribution in [3.63, 3.8) is 0 Å². The number of pyridine rings is 1. The number of fused-ring (bicyclic) bond motifs is 1. The van der Waals surface area contributed by atoms with E-state index >= 15 is 0 Å². The van der Waals surface area contributed by atoms with Gasteiger partial charge in [0.05, 0.1) is 44.0 Å². The molecule has 2 atom stereocenters. The summed E-state index contributed by atoms with van der Waals surface area (Å²) in [6, 6.07) is 39.3. The molecule has 54 heavy (non-hydrogen) atoms. The Morgan fingerprint density at radius 1 is 0.815 bits per heavy atom. The van der Waals surface area contributed by atoms with E-state index in [0.29, 0.717) is 47.3 Å². The zero-order chi connectivity index (χ0) is 37.1. The van der Waals surface area contributed by atoms with E-state index in [0.717, 1.165) is 39.7 Å². The first kappa shape index (κ1) is 34.9. The molecule has 4 aromatic carbocycles. The number of hydrogen-bond acceptors (Lipinski definition) is 10. The van der Waals surface area contributed by atoms with E-state index in [4.69, 9.17) is 29.8 Å². The molecule has 0 bridgehead atoms. The molecule has 11 nitrogen and oxygen atoms in total. The van der Waals surface area contributed by atoms with Crippen molar-refractivity contribution >= 4 is 37.2 Å². The zero-order valence-electron chi connectivity index (χ0n) is 30.3. The second kappa shape index (κ2) is 15.0. The van der Waals surface area contributed by atoms with E-state index in [2.05, 4.69) is 102 Å². The van der Waals surface area contributed by atoms with Crippen LogP contribution in [0, 0.1) is 0 Å². The van der Waals surface area contributed by atoms with E-state index in [1.165, 1.54) is 0 Å². The summed E-state index contributed by atoms with van der Waals surface area (Å²) in [5.41, 5.74) is 6.27. The van der Waals surface area contributed by atoms with Gasteiger partial charge in [0.2, 0.25) is 0 Å². The first-order valence-electron chi connectivity index (χ1n) is 17.7. The second-order valence-corrected chi connectivity index (χ2v) is 13.7. The summed E-state index contributed by atoms with van der Waals surface area (Å²) in [7, 11) is 8.02. The van der Waals surface area contributed by atoms with Gasteiger partial charge in [0.15, 0.2) is 5.65 Å². The summed E-state index contributed by atoms with van der Waals surface area (Å²) in [6.07, 6.45) is 6.17. The van der Waals surface area contributed by atoms with Gasteiger partial charge < -0.3 is 14.4 Å². The Labute approximate surface area is 316 Å². The van der Waals surface area contributed by atoms with Crippen LogP contribution in [0.3, 0.4) is 0 Å². The molecule has 0 radical (unpaired) electrons. The van der Waals surface area contributed by atoms with E-state index in [9.17, 15) is 0 Å². The van der Waals surface area contributed by atoms with Crippen LogP contribution < -0.4 is 19.7 Å². The summed E-state index contributed by atoms with van der Waals surface area (Å²) in [5.74, 6) is 2.02. The molecule has 0 N–H and O–H groups in total. The van der Waals surface area contributed by atoms with Crippen LogP contribution in [-0.4, -0.2) is 63.1 Å². The molecule has 3 aromatic heterocycles. The molecular weight excluding hydrogens is 693 g/mol. The minimum Gasteiger partial charge on any atom is -0.497 e. The predicted molar refractivity (Wildman–Crippen MR) is 215 cm³/mol. The Balaban J connectivity index is 1.21. The van der Waals surface area contributed by atoms with Crippen LogP contribution in [0.25, 0.3) is 22.4 Å². The third kappa shape index (κ3) is 6.52. The van der Waals surface area contributed by atoms with Crippen LogP contribution in [0.15, 0.2) is 144 Å². The van der Waals surface area contributed by atoms with Gasteiger partial charge in [-0.25, -0.2) is 9.97 Å². The van der Waals surface area contributed by atoms with Crippen LogP contribution in [-0.2, 0) is 12.6 Å². The third-order valence-electron chi connectivity index (χ3n) is 9.86. The highest BCUT2D eigenvalue weighted by Gasteiger charge is 2.43. The Kier molecular flexibility index (Phi) is 9.71. The van der Waals surface area contributed by atoms with Crippen molar-refractivity contribution in [3.05, 3.63) is 151 Å². The summed E-state index contributed by atoms with van der Waals surface area (Å²) in [4.78, 5) is 16.8. The fourth-order valence-corrected chi connectivity index (χ4v) is 7.65. The van der Waals surface area contributed by atoms with Gasteiger partial charge in [-0.2, -0.15) is 10.2 Å². The topological polar surface area (TPSA) is 106 Å². The Morgan fingerprint density at radius 3 is 2.04 bits per heavy atom. The van der Waals surface area contributed by atoms with Crippen LogP contribution >= 0.6 is 9.24 Å². The minimum absolute atomic E-state index is 0.173. The van der Waals surface area contributed by atoms with Crippen LogP contribution in [0.1, 0.15) is 23.1 Å². The molecule has 0 saturated carbocycles. The number of nitrogens with zero attached hydrogens (tertiary/aromatic N) is 9. The van der Waals surface area contributed by atoms with Crippen molar-refractivity contribution in [2.24, 2.45) is 17.4 Å².